The number of nitrogens with one attached hydrogen (secondary N) is 1. The summed E-state index contributed by atoms with van der Waals surface area (Å²) in [6, 6.07) is 16.0. The van der Waals surface area contributed by atoms with E-state index in [0.717, 1.165) is 45.9 Å². The lowest BCUT2D eigenvalue weighted by atomic mass is 9.99. The van der Waals surface area contributed by atoms with E-state index in [-0.39, 0.29) is 12.5 Å². The summed E-state index contributed by atoms with van der Waals surface area (Å²) in [6.07, 6.45) is 2.37. The molecule has 2 aromatic carbocycles. The van der Waals surface area contributed by atoms with Gasteiger partial charge in [-0.15, -0.1) is 0 Å². The van der Waals surface area contributed by atoms with Gasteiger partial charge in [0.2, 0.25) is 0 Å². The van der Waals surface area contributed by atoms with Crippen LogP contribution in [0.15, 0.2) is 48.5 Å². The second-order valence-electron chi connectivity index (χ2n) is 8.49. The van der Waals surface area contributed by atoms with Gasteiger partial charge in [0.15, 0.2) is 11.7 Å². The van der Waals surface area contributed by atoms with Gasteiger partial charge >= 0.3 is 0 Å². The molecular formula is C25H26N4O2S. The summed E-state index contributed by atoms with van der Waals surface area (Å²) >= 11 is 1.47. The minimum atomic E-state index is -0.237. The molecule has 0 unspecified atom stereocenters. The van der Waals surface area contributed by atoms with Gasteiger partial charge < -0.3 is 9.64 Å². The molecular weight excluding hydrogens is 420 g/mol. The van der Waals surface area contributed by atoms with Crippen LogP contribution in [0.1, 0.15) is 25.3 Å². The highest BCUT2D eigenvalue weighted by molar-refractivity contribution is 7.22. The highest BCUT2D eigenvalue weighted by Crippen LogP contribution is 2.29. The zero-order chi connectivity index (χ0) is 22.1. The van der Waals surface area contributed by atoms with E-state index in [4.69, 9.17) is 9.72 Å². The van der Waals surface area contributed by atoms with Gasteiger partial charge in [0.1, 0.15) is 17.1 Å². The number of carbonyl (C=O) groups is 1. The van der Waals surface area contributed by atoms with Crippen LogP contribution in [0.2, 0.25) is 0 Å². The number of para-hydroxylation sites is 1. The number of benzene rings is 2. The quantitative estimate of drug-likeness (QED) is 0.444. The average molecular weight is 447 g/mol. The lowest BCUT2D eigenvalue weighted by molar-refractivity contribution is -0.118. The topological polar surface area (TPSA) is 67.3 Å². The van der Waals surface area contributed by atoms with Gasteiger partial charge in [-0.1, -0.05) is 36.5 Å². The van der Waals surface area contributed by atoms with Gasteiger partial charge in [-0.2, -0.15) is 0 Å². The van der Waals surface area contributed by atoms with E-state index in [1.807, 2.05) is 37.3 Å². The molecule has 1 saturated heterocycles. The zero-order valence-corrected chi connectivity index (χ0v) is 19.1. The van der Waals surface area contributed by atoms with Crippen LogP contribution in [-0.4, -0.2) is 35.6 Å². The Bertz CT molecular complexity index is 1280. The predicted octanol–water partition coefficient (Wildman–Crippen LogP) is 5.41. The first-order valence-electron chi connectivity index (χ1n) is 11.0. The number of hydrogen-bond acceptors (Lipinski definition) is 6. The smallest absolute Gasteiger partial charge is 0.264 e. The summed E-state index contributed by atoms with van der Waals surface area (Å²) < 4.78 is 6.94. The molecule has 1 amide bonds. The Balaban J connectivity index is 1.29. The van der Waals surface area contributed by atoms with Crippen molar-refractivity contribution < 1.29 is 9.53 Å². The number of hydrogen-bond donors (Lipinski definition) is 1. The Morgan fingerprint density at radius 2 is 2.00 bits per heavy atom. The van der Waals surface area contributed by atoms with E-state index >= 15 is 0 Å². The van der Waals surface area contributed by atoms with Crippen LogP contribution in [-0.2, 0) is 4.79 Å². The summed E-state index contributed by atoms with van der Waals surface area (Å²) in [7, 11) is 0. The van der Waals surface area contributed by atoms with Crippen molar-refractivity contribution in [3.05, 3.63) is 54.1 Å². The van der Waals surface area contributed by atoms with Crippen LogP contribution >= 0.6 is 11.3 Å². The maximum absolute atomic E-state index is 12.5. The van der Waals surface area contributed by atoms with Crippen molar-refractivity contribution in [3.63, 3.8) is 0 Å². The molecule has 0 saturated carbocycles. The minimum Gasteiger partial charge on any atom is -0.481 e. The molecule has 1 aliphatic rings. The molecule has 0 atom stereocenters. The summed E-state index contributed by atoms with van der Waals surface area (Å²) in [5, 5.41) is 4.43. The Morgan fingerprint density at radius 3 is 2.84 bits per heavy atom. The van der Waals surface area contributed by atoms with E-state index in [9.17, 15) is 4.79 Å². The van der Waals surface area contributed by atoms with Gasteiger partial charge in [0.25, 0.3) is 5.91 Å². The summed E-state index contributed by atoms with van der Waals surface area (Å²) in [5.41, 5.74) is 2.84. The third-order valence-corrected chi connectivity index (χ3v) is 6.86. The fourth-order valence-electron chi connectivity index (χ4n) is 4.02. The number of piperidine rings is 1. The molecule has 164 valence electrons. The van der Waals surface area contributed by atoms with Gasteiger partial charge in [-0.25, -0.2) is 9.97 Å². The van der Waals surface area contributed by atoms with E-state index in [2.05, 4.69) is 40.3 Å². The van der Waals surface area contributed by atoms with Crippen molar-refractivity contribution in [2.75, 3.05) is 29.9 Å². The standard InChI is InChI=1S/C25H26N4O2S/c1-16-10-12-29(13-11-16)22-9-7-18-4-3-5-20(24(18)27-22)31-15-23(30)28-25-26-19-8-6-17(2)14-21(19)32-25/h3-9,14,16H,10-13,15H2,1-2H3,(H,26,28,30). The van der Waals surface area contributed by atoms with Crippen LogP contribution < -0.4 is 15.0 Å². The van der Waals surface area contributed by atoms with E-state index in [1.54, 1.807) is 0 Å². The highest BCUT2D eigenvalue weighted by atomic mass is 32.1. The normalized spacial score (nSPS) is 14.8. The zero-order valence-electron chi connectivity index (χ0n) is 18.3. The van der Waals surface area contributed by atoms with Gasteiger partial charge in [0, 0.05) is 18.5 Å². The number of carbonyl (C=O) groups excluding carboxylic acids is 1. The number of thiazole rings is 1. The van der Waals surface area contributed by atoms with Crippen molar-refractivity contribution in [1.29, 1.82) is 0 Å². The molecule has 6 nitrogen and oxygen atoms in total. The maximum Gasteiger partial charge on any atom is 0.264 e. The molecule has 0 spiro atoms. The summed E-state index contributed by atoms with van der Waals surface area (Å²) in [5.74, 6) is 2.11. The Labute approximate surface area is 191 Å². The van der Waals surface area contributed by atoms with Crippen LogP contribution in [0.25, 0.3) is 21.1 Å². The number of amides is 1. The Kier molecular flexibility index (Phi) is 5.66. The van der Waals surface area contributed by atoms with Crippen LogP contribution in [0.4, 0.5) is 10.9 Å². The first kappa shape index (κ1) is 20.7. The third kappa shape index (κ3) is 4.39. The lowest BCUT2D eigenvalue weighted by Gasteiger charge is -2.31. The number of fused-ring (bicyclic) bond motifs is 2. The first-order chi connectivity index (χ1) is 15.5. The predicted molar refractivity (Wildman–Crippen MR) is 131 cm³/mol. The number of ether oxygens (including phenoxy) is 1. The number of anilines is 2. The molecule has 4 aromatic rings. The second kappa shape index (κ2) is 8.74. The SMILES string of the molecule is Cc1ccc2nc(NC(=O)COc3cccc4ccc(N5CCC(C)CC5)nc34)sc2c1. The number of pyridine rings is 1. The first-order valence-corrected chi connectivity index (χ1v) is 11.8. The summed E-state index contributed by atoms with van der Waals surface area (Å²) in [6.45, 7) is 6.29. The van der Waals surface area contributed by atoms with Gasteiger partial charge in [0.05, 0.1) is 10.2 Å². The highest BCUT2D eigenvalue weighted by Gasteiger charge is 2.18. The molecule has 1 fully saturated rings. The Morgan fingerprint density at radius 1 is 1.16 bits per heavy atom. The molecule has 1 N–H and O–H groups in total. The fourth-order valence-corrected chi connectivity index (χ4v) is 5.00. The molecule has 5 rings (SSSR count). The number of aromatic nitrogens is 2. The second-order valence-corrected chi connectivity index (χ2v) is 9.52. The monoisotopic (exact) mass is 446 g/mol. The summed E-state index contributed by atoms with van der Waals surface area (Å²) in [4.78, 5) is 24.2. The average Bonchev–Trinajstić information content (AvgIpc) is 3.19. The number of nitrogens with zero attached hydrogens (tertiary/aromatic N) is 3. The minimum absolute atomic E-state index is 0.0960. The van der Waals surface area contributed by atoms with Gasteiger partial charge in [-0.3, -0.25) is 10.1 Å². The lowest BCUT2D eigenvalue weighted by Crippen LogP contribution is -2.33. The molecule has 1 aliphatic heterocycles. The maximum atomic E-state index is 12.5. The van der Waals surface area contributed by atoms with E-state index in [1.165, 1.54) is 29.7 Å². The van der Waals surface area contributed by atoms with Crippen molar-refractivity contribution in [1.82, 2.24) is 9.97 Å². The fraction of sp³-hybridized carbons (Fsp3) is 0.320. The van der Waals surface area contributed by atoms with Crippen LogP contribution in [0, 0.1) is 12.8 Å². The van der Waals surface area contributed by atoms with E-state index < -0.39 is 0 Å². The third-order valence-electron chi connectivity index (χ3n) is 5.93. The van der Waals surface area contributed by atoms with E-state index in [0.29, 0.717) is 10.9 Å². The molecule has 0 aliphatic carbocycles. The van der Waals surface area contributed by atoms with Crippen molar-refractivity contribution in [2.45, 2.75) is 26.7 Å². The molecule has 2 aromatic heterocycles. The molecule has 0 radical (unpaired) electrons. The Hall–Kier alpha value is -3.19. The number of aryl methyl sites for hydroxylation is 1. The van der Waals surface area contributed by atoms with Crippen molar-refractivity contribution >= 4 is 49.3 Å². The molecule has 0 bridgehead atoms. The van der Waals surface area contributed by atoms with Crippen LogP contribution in [0.3, 0.4) is 0 Å². The molecule has 32 heavy (non-hydrogen) atoms. The van der Waals surface area contributed by atoms with Crippen LogP contribution in [0.5, 0.6) is 5.75 Å². The molecule has 3 heterocycles. The largest absolute Gasteiger partial charge is 0.481 e. The van der Waals surface area contributed by atoms with Crippen molar-refractivity contribution in [2.24, 2.45) is 5.92 Å². The van der Waals surface area contributed by atoms with Crippen molar-refractivity contribution in [3.8, 4) is 5.75 Å². The van der Waals surface area contributed by atoms with Gasteiger partial charge in [-0.05, 0) is 61.6 Å². The number of rotatable bonds is 5. The molecule has 7 heteroatoms.